The lowest BCUT2D eigenvalue weighted by Crippen LogP contribution is -2.23. The number of nitrogens with zero attached hydrogens (tertiary/aromatic N) is 2. The van der Waals surface area contributed by atoms with Crippen LogP contribution in [0.1, 0.15) is 37.9 Å². The van der Waals surface area contributed by atoms with Crippen LogP contribution >= 0.6 is 11.6 Å². The van der Waals surface area contributed by atoms with Crippen LogP contribution in [0.4, 0.5) is 20.7 Å². The van der Waals surface area contributed by atoms with Crippen LogP contribution in [0.15, 0.2) is 47.1 Å². The van der Waals surface area contributed by atoms with E-state index in [9.17, 15) is 19.1 Å². The Labute approximate surface area is 205 Å². The van der Waals surface area contributed by atoms with Gasteiger partial charge in [0.25, 0.3) is 0 Å². The minimum absolute atomic E-state index is 0.0287. The summed E-state index contributed by atoms with van der Waals surface area (Å²) in [6.45, 7) is 1.89. The van der Waals surface area contributed by atoms with Gasteiger partial charge >= 0.3 is 18.1 Å². The number of carboxylic acid groups (broad SMARTS) is 1. The van der Waals surface area contributed by atoms with Gasteiger partial charge in [-0.1, -0.05) is 47.8 Å². The van der Waals surface area contributed by atoms with Crippen LogP contribution in [0.2, 0.25) is 5.02 Å². The third-order valence-electron chi connectivity index (χ3n) is 5.74. The molecule has 0 radical (unpaired) electrons. The van der Waals surface area contributed by atoms with E-state index in [2.05, 4.69) is 25.3 Å². The van der Waals surface area contributed by atoms with Gasteiger partial charge in [0.1, 0.15) is 17.6 Å². The Hall–Kier alpha value is -3.66. The highest BCUT2D eigenvalue weighted by Crippen LogP contribution is 2.35. The number of amides is 1. The highest BCUT2D eigenvalue weighted by molar-refractivity contribution is 6.31. The van der Waals surface area contributed by atoms with Crippen LogP contribution in [0.5, 0.6) is 0 Å². The summed E-state index contributed by atoms with van der Waals surface area (Å²) in [5.74, 6) is -0.392. The van der Waals surface area contributed by atoms with E-state index in [1.54, 1.807) is 43.3 Å². The summed E-state index contributed by atoms with van der Waals surface area (Å²) in [5.41, 5.74) is 0.718. The molecule has 0 bridgehead atoms. The van der Waals surface area contributed by atoms with Gasteiger partial charge in [-0.3, -0.25) is 10.1 Å². The molecule has 1 fully saturated rings. The third-order valence-corrected chi connectivity index (χ3v) is 6.08. The lowest BCUT2D eigenvalue weighted by atomic mass is 10.0. The molecule has 35 heavy (non-hydrogen) atoms. The number of ether oxygens (including phenoxy) is 1. The number of halogens is 2. The average molecular weight is 503 g/mol. The quantitative estimate of drug-likeness (QED) is 0.320. The average Bonchev–Trinajstić information content (AvgIpc) is 3.59. The van der Waals surface area contributed by atoms with Crippen molar-refractivity contribution in [1.82, 2.24) is 10.1 Å². The van der Waals surface area contributed by atoms with Gasteiger partial charge in [-0.05, 0) is 37.5 Å². The fourth-order valence-electron chi connectivity index (χ4n) is 3.63. The highest BCUT2D eigenvalue weighted by atomic mass is 35.5. The predicted molar refractivity (Wildman–Crippen MR) is 127 cm³/mol. The molecule has 9 nitrogen and oxygen atoms in total. The monoisotopic (exact) mass is 502 g/mol. The molecule has 3 N–H and O–H groups in total. The number of aromatic nitrogens is 2. The van der Waals surface area contributed by atoms with Crippen molar-refractivity contribution in [3.05, 3.63) is 59.2 Å². The fraction of sp³-hybridized carbons (Fsp3) is 0.333. The first kappa shape index (κ1) is 24.5. The summed E-state index contributed by atoms with van der Waals surface area (Å²) in [6.07, 6.45) is 2.61. The van der Waals surface area contributed by atoms with Crippen molar-refractivity contribution >= 4 is 35.2 Å². The molecule has 1 amide bonds. The molecule has 1 aliphatic carbocycles. The maximum Gasteiger partial charge on any atom is 0.412 e. The van der Waals surface area contributed by atoms with Crippen molar-refractivity contribution in [3.8, 4) is 11.3 Å². The smallest absolute Gasteiger partial charge is 0.412 e. The molecule has 11 heteroatoms. The van der Waals surface area contributed by atoms with Crippen molar-refractivity contribution in [1.29, 1.82) is 0 Å². The maximum atomic E-state index is 14.2. The van der Waals surface area contributed by atoms with E-state index in [0.29, 0.717) is 34.3 Å². The van der Waals surface area contributed by atoms with Crippen molar-refractivity contribution < 1.29 is 28.3 Å². The molecular weight excluding hydrogens is 479 g/mol. The van der Waals surface area contributed by atoms with Gasteiger partial charge < -0.3 is 19.7 Å². The number of nitrogens with one attached hydrogen (secondary N) is 2. The molecule has 0 saturated heterocycles. The summed E-state index contributed by atoms with van der Waals surface area (Å²) < 4.78 is 24.2. The zero-order chi connectivity index (χ0) is 24.9. The van der Waals surface area contributed by atoms with E-state index < -0.39 is 30.1 Å². The van der Waals surface area contributed by atoms with E-state index in [0.717, 1.165) is 12.8 Å². The van der Waals surface area contributed by atoms with Crippen LogP contribution in [-0.4, -0.2) is 33.9 Å². The topological polar surface area (TPSA) is 127 Å². The largest absolute Gasteiger partial charge is 0.481 e. The van der Waals surface area contributed by atoms with Crippen molar-refractivity contribution in [2.24, 2.45) is 11.8 Å². The van der Waals surface area contributed by atoms with E-state index in [1.165, 1.54) is 6.20 Å². The Morgan fingerprint density at radius 3 is 2.71 bits per heavy atom. The Morgan fingerprint density at radius 2 is 2.06 bits per heavy atom. The van der Waals surface area contributed by atoms with Crippen molar-refractivity contribution in [3.63, 3.8) is 0 Å². The molecule has 1 aliphatic rings. The predicted octanol–water partition coefficient (Wildman–Crippen LogP) is 5.75. The van der Waals surface area contributed by atoms with Crippen LogP contribution in [0, 0.1) is 17.8 Å². The molecule has 1 saturated carbocycles. The number of hydrogen-bond acceptors (Lipinski definition) is 7. The maximum absolute atomic E-state index is 14.2. The Morgan fingerprint density at radius 1 is 1.29 bits per heavy atom. The third kappa shape index (κ3) is 6.27. The van der Waals surface area contributed by atoms with Gasteiger partial charge in [-0.25, -0.2) is 9.78 Å². The van der Waals surface area contributed by atoms with E-state index >= 15 is 0 Å². The van der Waals surface area contributed by atoms with Gasteiger partial charge in [0.05, 0.1) is 5.92 Å². The summed E-state index contributed by atoms with van der Waals surface area (Å²) >= 11 is 6.13. The Bertz CT molecular complexity index is 1200. The molecule has 0 aliphatic heterocycles. The standard InChI is InChI=1S/C24H24ClFN4O5/c1-13(17-4-2-3-5-18(17)25)34-24(33)29-21-20(30-35-22(21)26)15-8-9-19(27-11-15)28-12-16(23(31)32)10-14-6-7-14/h2-5,8-9,11,13-14,16H,6-7,10,12H2,1H3,(H,27,28)(H,29,33)(H,31,32). The molecule has 2 unspecified atom stereocenters. The normalized spacial score (nSPS) is 14.7. The highest BCUT2D eigenvalue weighted by Gasteiger charge is 2.29. The van der Waals surface area contributed by atoms with Crippen LogP contribution in [0.25, 0.3) is 11.3 Å². The lowest BCUT2D eigenvalue weighted by molar-refractivity contribution is -0.141. The van der Waals surface area contributed by atoms with Gasteiger partial charge in [0.2, 0.25) is 0 Å². The summed E-state index contributed by atoms with van der Waals surface area (Å²) in [7, 11) is 0. The van der Waals surface area contributed by atoms with Crippen molar-refractivity contribution in [2.45, 2.75) is 32.3 Å². The number of benzene rings is 1. The number of rotatable bonds is 10. The number of hydrogen-bond donors (Lipinski definition) is 3. The molecular formula is C24H24ClFN4O5. The van der Waals surface area contributed by atoms with E-state index in [1.807, 2.05) is 0 Å². The number of anilines is 2. The van der Waals surface area contributed by atoms with Crippen LogP contribution in [0.3, 0.4) is 0 Å². The van der Waals surface area contributed by atoms with Gasteiger partial charge in [0, 0.05) is 28.9 Å². The second kappa shape index (κ2) is 10.7. The molecule has 184 valence electrons. The van der Waals surface area contributed by atoms with Crippen LogP contribution < -0.4 is 10.6 Å². The number of carbonyl (C=O) groups excluding carboxylic acids is 1. The molecule has 0 spiro atoms. The molecule has 4 rings (SSSR count). The number of pyridine rings is 1. The van der Waals surface area contributed by atoms with Gasteiger partial charge in [-0.2, -0.15) is 4.39 Å². The summed E-state index contributed by atoms with van der Waals surface area (Å²) in [6, 6.07) is 9.03. The second-order valence-corrected chi connectivity index (χ2v) is 8.81. The first-order chi connectivity index (χ1) is 16.8. The SMILES string of the molecule is CC(OC(=O)Nc1c(-c2ccc(NCC(CC3CC3)C(=O)O)nc2)noc1F)c1ccccc1Cl. The lowest BCUT2D eigenvalue weighted by Gasteiger charge is -2.15. The minimum Gasteiger partial charge on any atom is -0.481 e. The fourth-order valence-corrected chi connectivity index (χ4v) is 3.92. The second-order valence-electron chi connectivity index (χ2n) is 8.40. The van der Waals surface area contributed by atoms with Gasteiger partial charge in [0.15, 0.2) is 5.69 Å². The zero-order valence-corrected chi connectivity index (χ0v) is 19.6. The van der Waals surface area contributed by atoms with E-state index in [-0.39, 0.29) is 17.9 Å². The molecule has 3 aromatic rings. The molecule has 2 aromatic heterocycles. The number of aliphatic carboxylic acids is 1. The van der Waals surface area contributed by atoms with Crippen LogP contribution in [-0.2, 0) is 9.53 Å². The first-order valence-corrected chi connectivity index (χ1v) is 11.5. The number of carboxylic acids is 1. The Kier molecular flexibility index (Phi) is 7.50. The summed E-state index contributed by atoms with van der Waals surface area (Å²) in [4.78, 5) is 28.1. The first-order valence-electron chi connectivity index (χ1n) is 11.1. The molecule has 2 heterocycles. The number of carbonyl (C=O) groups is 2. The van der Waals surface area contributed by atoms with E-state index in [4.69, 9.17) is 16.3 Å². The minimum atomic E-state index is -1.09. The van der Waals surface area contributed by atoms with Gasteiger partial charge in [-0.15, -0.1) is 0 Å². The van der Waals surface area contributed by atoms with Crippen molar-refractivity contribution in [2.75, 3.05) is 17.2 Å². The molecule has 2 atom stereocenters. The summed E-state index contributed by atoms with van der Waals surface area (Å²) in [5, 5.41) is 18.9. The zero-order valence-electron chi connectivity index (χ0n) is 18.8. The Balaban J connectivity index is 1.39. The molecule has 1 aromatic carbocycles.